The summed E-state index contributed by atoms with van der Waals surface area (Å²) < 4.78 is 0. The molecular formula is C29H57O2. The second-order valence-corrected chi connectivity index (χ2v) is 9.85. The van der Waals surface area contributed by atoms with Crippen LogP contribution in [0.3, 0.4) is 0 Å². The van der Waals surface area contributed by atoms with Crippen molar-refractivity contribution in [1.82, 2.24) is 0 Å². The predicted octanol–water partition coefficient (Wildman–Crippen LogP) is 10.3. The van der Waals surface area contributed by atoms with Crippen LogP contribution in [0, 0.1) is 11.8 Å². The Morgan fingerprint density at radius 1 is 0.516 bits per heavy atom. The molecular weight excluding hydrogens is 380 g/mol. The van der Waals surface area contributed by atoms with Gasteiger partial charge in [-0.3, -0.25) is 4.79 Å². The summed E-state index contributed by atoms with van der Waals surface area (Å²) in [6, 6.07) is 0. The van der Waals surface area contributed by atoms with Crippen LogP contribution in [0.1, 0.15) is 168 Å². The van der Waals surface area contributed by atoms with Gasteiger partial charge in [0.15, 0.2) is 0 Å². The van der Waals surface area contributed by atoms with Gasteiger partial charge in [-0.05, 0) is 25.2 Å². The third-order valence-electron chi connectivity index (χ3n) is 6.84. The molecule has 185 valence electrons. The average Bonchev–Trinajstić information content (AvgIpc) is 2.76. The van der Waals surface area contributed by atoms with Crippen LogP contribution in [0.4, 0.5) is 0 Å². The quantitative estimate of drug-likeness (QED) is 0.144. The molecule has 0 aromatic rings. The number of hydrogen-bond donors (Lipinski definition) is 1. The van der Waals surface area contributed by atoms with E-state index in [1.54, 1.807) is 0 Å². The molecule has 0 heterocycles. The molecule has 0 saturated carbocycles. The molecule has 0 fully saturated rings. The molecule has 1 radical (unpaired) electrons. The normalized spacial score (nSPS) is 12.5. The molecule has 0 aromatic carbocycles. The summed E-state index contributed by atoms with van der Waals surface area (Å²) in [4.78, 5) is 11.8. The van der Waals surface area contributed by atoms with Crippen LogP contribution in [0.2, 0.25) is 0 Å². The van der Waals surface area contributed by atoms with Gasteiger partial charge >= 0.3 is 5.97 Å². The fourth-order valence-electron chi connectivity index (χ4n) is 4.68. The fraction of sp³-hybridized carbons (Fsp3) is 0.931. The molecule has 0 saturated heterocycles. The standard InChI is InChI=1S/C29H57O2/c1-4-7-10-11-12-13-14-15-16-17-18-19-20-21-22-23-26-28(29(30)31)27(24-8-5-2)25-9-6-3/h28H,4-26H2,1-3H3,(H,30,31). The van der Waals surface area contributed by atoms with Gasteiger partial charge in [0, 0.05) is 0 Å². The van der Waals surface area contributed by atoms with Crippen molar-refractivity contribution in [3.8, 4) is 0 Å². The van der Waals surface area contributed by atoms with Crippen molar-refractivity contribution in [3.05, 3.63) is 5.92 Å². The molecule has 0 rings (SSSR count). The zero-order chi connectivity index (χ0) is 23.0. The summed E-state index contributed by atoms with van der Waals surface area (Å²) in [7, 11) is 0. The van der Waals surface area contributed by atoms with E-state index in [0.717, 1.165) is 51.4 Å². The predicted molar refractivity (Wildman–Crippen MR) is 138 cm³/mol. The second kappa shape index (κ2) is 24.1. The number of rotatable bonds is 25. The molecule has 0 aliphatic carbocycles. The number of aliphatic carboxylic acids is 1. The van der Waals surface area contributed by atoms with Gasteiger partial charge in [0.05, 0.1) is 5.92 Å². The molecule has 0 amide bonds. The van der Waals surface area contributed by atoms with Crippen LogP contribution >= 0.6 is 0 Å². The van der Waals surface area contributed by atoms with Gasteiger partial charge in [-0.2, -0.15) is 0 Å². The number of carbonyl (C=O) groups is 1. The highest BCUT2D eigenvalue weighted by Crippen LogP contribution is 2.31. The molecule has 0 aromatic heterocycles. The first-order valence-electron chi connectivity index (χ1n) is 14.2. The highest BCUT2D eigenvalue weighted by Gasteiger charge is 2.27. The van der Waals surface area contributed by atoms with Crippen LogP contribution < -0.4 is 0 Å². The molecule has 1 N–H and O–H groups in total. The maximum absolute atomic E-state index is 11.8. The molecule has 0 aliphatic rings. The highest BCUT2D eigenvalue weighted by molar-refractivity contribution is 5.72. The zero-order valence-electron chi connectivity index (χ0n) is 21.7. The summed E-state index contributed by atoms with van der Waals surface area (Å²) in [5.41, 5.74) is 0. The maximum Gasteiger partial charge on any atom is 0.307 e. The molecule has 1 atom stereocenters. The lowest BCUT2D eigenvalue weighted by atomic mass is 9.81. The van der Waals surface area contributed by atoms with E-state index >= 15 is 0 Å². The van der Waals surface area contributed by atoms with Crippen molar-refractivity contribution < 1.29 is 9.90 Å². The van der Waals surface area contributed by atoms with Gasteiger partial charge < -0.3 is 5.11 Å². The van der Waals surface area contributed by atoms with Gasteiger partial charge in [0.1, 0.15) is 0 Å². The Bertz CT molecular complexity index is 358. The molecule has 2 nitrogen and oxygen atoms in total. The zero-order valence-corrected chi connectivity index (χ0v) is 21.7. The Balaban J connectivity index is 3.65. The largest absolute Gasteiger partial charge is 0.481 e. The summed E-state index contributed by atoms with van der Waals surface area (Å²) in [5, 5.41) is 9.75. The third kappa shape index (κ3) is 19.9. The van der Waals surface area contributed by atoms with Gasteiger partial charge in [-0.15, -0.1) is 0 Å². The number of unbranched alkanes of at least 4 members (excludes halogenated alkanes) is 17. The van der Waals surface area contributed by atoms with E-state index in [0.29, 0.717) is 0 Å². The Morgan fingerprint density at radius 2 is 0.839 bits per heavy atom. The van der Waals surface area contributed by atoms with Crippen LogP contribution in [0.5, 0.6) is 0 Å². The van der Waals surface area contributed by atoms with E-state index in [2.05, 4.69) is 20.8 Å². The van der Waals surface area contributed by atoms with Crippen molar-refractivity contribution >= 4 is 5.97 Å². The van der Waals surface area contributed by atoms with Gasteiger partial charge in [-0.25, -0.2) is 0 Å². The lowest BCUT2D eigenvalue weighted by Crippen LogP contribution is -2.22. The van der Waals surface area contributed by atoms with E-state index < -0.39 is 5.97 Å². The summed E-state index contributed by atoms with van der Waals surface area (Å²) in [5.74, 6) is 0.546. The van der Waals surface area contributed by atoms with Crippen molar-refractivity contribution in [2.45, 2.75) is 168 Å². The Kier molecular flexibility index (Phi) is 23.7. The van der Waals surface area contributed by atoms with E-state index in [-0.39, 0.29) is 5.92 Å². The number of carboxylic acids is 1. The summed E-state index contributed by atoms with van der Waals surface area (Å²) in [6.45, 7) is 6.68. The molecule has 0 aliphatic heterocycles. The first-order valence-corrected chi connectivity index (χ1v) is 14.2. The van der Waals surface area contributed by atoms with Gasteiger partial charge in [0.25, 0.3) is 0 Å². The lowest BCUT2D eigenvalue weighted by molar-refractivity contribution is -0.141. The minimum atomic E-state index is -0.580. The molecule has 0 bridgehead atoms. The van der Waals surface area contributed by atoms with E-state index in [9.17, 15) is 9.90 Å². The minimum absolute atomic E-state index is 0.190. The average molecular weight is 438 g/mol. The Hall–Kier alpha value is -0.530. The van der Waals surface area contributed by atoms with Crippen LogP contribution in [-0.2, 0) is 4.79 Å². The SMILES string of the molecule is CCCCCCCCCCCCCCCCCCC([C](CCCC)CCCC)C(=O)O. The van der Waals surface area contributed by atoms with Gasteiger partial charge in [0.2, 0.25) is 0 Å². The third-order valence-corrected chi connectivity index (χ3v) is 6.84. The number of hydrogen-bond acceptors (Lipinski definition) is 1. The summed E-state index contributed by atoms with van der Waals surface area (Å²) in [6.07, 6.45) is 29.4. The van der Waals surface area contributed by atoms with Crippen molar-refractivity contribution in [2.75, 3.05) is 0 Å². The lowest BCUT2D eigenvalue weighted by Gasteiger charge is -2.23. The van der Waals surface area contributed by atoms with Crippen LogP contribution in [-0.4, -0.2) is 11.1 Å². The van der Waals surface area contributed by atoms with Crippen molar-refractivity contribution in [3.63, 3.8) is 0 Å². The Labute approximate surface area is 196 Å². The molecule has 31 heavy (non-hydrogen) atoms. The van der Waals surface area contributed by atoms with E-state index in [4.69, 9.17) is 0 Å². The second-order valence-electron chi connectivity index (χ2n) is 9.85. The molecule has 2 heteroatoms. The summed E-state index contributed by atoms with van der Waals surface area (Å²) >= 11 is 0. The Morgan fingerprint density at radius 3 is 1.16 bits per heavy atom. The topological polar surface area (TPSA) is 37.3 Å². The monoisotopic (exact) mass is 437 g/mol. The van der Waals surface area contributed by atoms with E-state index in [1.807, 2.05) is 0 Å². The maximum atomic E-state index is 11.8. The molecule has 0 spiro atoms. The fourth-order valence-corrected chi connectivity index (χ4v) is 4.68. The van der Waals surface area contributed by atoms with Crippen LogP contribution in [0.25, 0.3) is 0 Å². The first-order chi connectivity index (χ1) is 15.2. The van der Waals surface area contributed by atoms with Crippen molar-refractivity contribution in [2.24, 2.45) is 5.92 Å². The number of carboxylic acid groups (broad SMARTS) is 1. The van der Waals surface area contributed by atoms with Gasteiger partial charge in [-0.1, -0.05) is 149 Å². The van der Waals surface area contributed by atoms with Crippen LogP contribution in [0.15, 0.2) is 0 Å². The highest BCUT2D eigenvalue weighted by atomic mass is 16.4. The first kappa shape index (κ1) is 30.5. The van der Waals surface area contributed by atoms with E-state index in [1.165, 1.54) is 102 Å². The minimum Gasteiger partial charge on any atom is -0.481 e. The molecule has 1 unspecified atom stereocenters. The smallest absolute Gasteiger partial charge is 0.307 e. The van der Waals surface area contributed by atoms with Crippen molar-refractivity contribution in [1.29, 1.82) is 0 Å².